The van der Waals surface area contributed by atoms with Crippen molar-refractivity contribution in [2.45, 2.75) is 45.2 Å². The van der Waals surface area contributed by atoms with E-state index in [1.165, 1.54) is 12.1 Å². The second-order valence-electron chi connectivity index (χ2n) is 9.32. The van der Waals surface area contributed by atoms with Crippen molar-refractivity contribution in [1.82, 2.24) is 35.0 Å². The maximum Gasteiger partial charge on any atom is 0.451 e. The number of rotatable bonds is 5. The maximum absolute atomic E-state index is 14.0. The van der Waals surface area contributed by atoms with Gasteiger partial charge in [0.05, 0.1) is 23.4 Å². The van der Waals surface area contributed by atoms with E-state index in [4.69, 9.17) is 4.42 Å². The van der Waals surface area contributed by atoms with E-state index in [1.807, 2.05) is 0 Å². The Morgan fingerprint density at radius 3 is 2.35 bits per heavy atom. The van der Waals surface area contributed by atoms with Crippen LogP contribution in [0.3, 0.4) is 0 Å². The molecule has 0 N–H and O–H groups in total. The number of aromatic nitrogens is 6. The van der Waals surface area contributed by atoms with Gasteiger partial charge in [-0.1, -0.05) is 6.07 Å². The number of alkyl halides is 3. The quantitative estimate of drug-likeness (QED) is 0.319. The Kier molecular flexibility index (Phi) is 7.25. The molecule has 3 aromatic heterocycles. The third-order valence-electron chi connectivity index (χ3n) is 6.62. The van der Waals surface area contributed by atoms with Crippen LogP contribution >= 0.6 is 0 Å². The number of carbonyl (C=O) groups excluding carboxylic acids is 1. The van der Waals surface area contributed by atoms with Crippen LogP contribution in [-0.2, 0) is 17.4 Å². The molecule has 40 heavy (non-hydrogen) atoms. The molecule has 0 bridgehead atoms. The zero-order chi connectivity index (χ0) is 28.6. The molecule has 0 spiro atoms. The lowest BCUT2D eigenvalue weighted by atomic mass is 9.89. The second-order valence-corrected chi connectivity index (χ2v) is 9.32. The molecule has 1 saturated heterocycles. The summed E-state index contributed by atoms with van der Waals surface area (Å²) in [5.41, 5.74) is 1.13. The Bertz CT molecular complexity index is 1550. The monoisotopic (exact) mass is 559 g/mol. The van der Waals surface area contributed by atoms with E-state index in [0.29, 0.717) is 48.7 Å². The predicted molar refractivity (Wildman–Crippen MR) is 129 cm³/mol. The Hall–Kier alpha value is -4.36. The summed E-state index contributed by atoms with van der Waals surface area (Å²) in [5.74, 6) is -3.11. The molecule has 4 heterocycles. The number of likely N-dealkylation sites (tertiary alicyclic amines) is 1. The average Bonchev–Trinajstić information content (AvgIpc) is 3.40. The van der Waals surface area contributed by atoms with Crippen molar-refractivity contribution < 1.29 is 31.2 Å². The summed E-state index contributed by atoms with van der Waals surface area (Å²) in [6, 6.07) is 4.70. The summed E-state index contributed by atoms with van der Waals surface area (Å²) in [4.78, 5) is 30.1. The summed E-state index contributed by atoms with van der Waals surface area (Å²) >= 11 is 0. The van der Waals surface area contributed by atoms with Gasteiger partial charge in [0.2, 0.25) is 11.7 Å². The van der Waals surface area contributed by atoms with Crippen molar-refractivity contribution in [3.63, 3.8) is 0 Å². The topological polar surface area (TPSA) is 111 Å². The van der Waals surface area contributed by atoms with Crippen molar-refractivity contribution in [2.24, 2.45) is 0 Å². The van der Waals surface area contributed by atoms with Crippen LogP contribution in [0.1, 0.15) is 47.4 Å². The third kappa shape index (κ3) is 5.51. The highest BCUT2D eigenvalue weighted by Gasteiger charge is 2.35. The Morgan fingerprint density at radius 1 is 1.00 bits per heavy atom. The average molecular weight is 559 g/mol. The van der Waals surface area contributed by atoms with Crippen molar-refractivity contribution in [3.8, 4) is 23.0 Å². The molecule has 14 heteroatoms. The van der Waals surface area contributed by atoms with Gasteiger partial charge in [-0.3, -0.25) is 4.79 Å². The largest absolute Gasteiger partial charge is 0.451 e. The maximum atomic E-state index is 14.0. The number of carbonyl (C=O) groups is 1. The number of benzene rings is 1. The minimum atomic E-state index is -4.74. The highest BCUT2D eigenvalue weighted by molar-refractivity contribution is 5.79. The first-order valence-electron chi connectivity index (χ1n) is 12.3. The fraction of sp³-hybridized carbons (Fsp3) is 0.346. The van der Waals surface area contributed by atoms with Gasteiger partial charge >= 0.3 is 6.18 Å². The Labute approximate surface area is 224 Å². The zero-order valence-corrected chi connectivity index (χ0v) is 21.3. The van der Waals surface area contributed by atoms with Crippen LogP contribution in [0.4, 0.5) is 22.0 Å². The fourth-order valence-corrected chi connectivity index (χ4v) is 4.71. The molecular formula is C26H22F5N7O2. The minimum absolute atomic E-state index is 0.0169. The van der Waals surface area contributed by atoms with Crippen LogP contribution < -0.4 is 0 Å². The van der Waals surface area contributed by atoms with Gasteiger partial charge in [0.1, 0.15) is 23.2 Å². The summed E-state index contributed by atoms with van der Waals surface area (Å²) in [7, 11) is 0. The van der Waals surface area contributed by atoms with Crippen LogP contribution in [-0.4, -0.2) is 54.0 Å². The van der Waals surface area contributed by atoms with Gasteiger partial charge in [0.25, 0.3) is 11.8 Å². The summed E-state index contributed by atoms with van der Waals surface area (Å²) in [5, 5.41) is 7.91. The SMILES string of the molecule is Cc1nc(C)c(-c2nnc(-c3ccnc(C(F)(F)F)n3)o2)c(C2CCN(C(=O)Cc3c(F)cccc3F)CC2)n1. The summed E-state index contributed by atoms with van der Waals surface area (Å²) < 4.78 is 73.0. The van der Waals surface area contributed by atoms with Crippen molar-refractivity contribution in [3.05, 3.63) is 70.7 Å². The van der Waals surface area contributed by atoms with E-state index in [1.54, 1.807) is 18.7 Å². The molecule has 9 nitrogen and oxygen atoms in total. The smallest absolute Gasteiger partial charge is 0.414 e. The highest BCUT2D eigenvalue weighted by Crippen LogP contribution is 2.36. The number of hydrogen-bond donors (Lipinski definition) is 0. The highest BCUT2D eigenvalue weighted by atomic mass is 19.4. The lowest BCUT2D eigenvalue weighted by Crippen LogP contribution is -2.39. The minimum Gasteiger partial charge on any atom is -0.414 e. The molecule has 208 valence electrons. The van der Waals surface area contributed by atoms with Crippen LogP contribution in [0.5, 0.6) is 0 Å². The normalized spacial score (nSPS) is 14.5. The molecule has 1 amide bonds. The third-order valence-corrected chi connectivity index (χ3v) is 6.62. The molecule has 1 aliphatic heterocycles. The number of halogens is 5. The van der Waals surface area contributed by atoms with Crippen LogP contribution in [0.15, 0.2) is 34.9 Å². The Morgan fingerprint density at radius 2 is 1.68 bits per heavy atom. The number of aryl methyl sites for hydroxylation is 2. The van der Waals surface area contributed by atoms with Crippen molar-refractivity contribution >= 4 is 5.91 Å². The molecule has 0 radical (unpaired) electrons. The molecular weight excluding hydrogens is 537 g/mol. The number of hydrogen-bond acceptors (Lipinski definition) is 8. The fourth-order valence-electron chi connectivity index (χ4n) is 4.71. The van der Waals surface area contributed by atoms with Gasteiger partial charge in [-0.15, -0.1) is 10.2 Å². The van der Waals surface area contributed by atoms with Gasteiger partial charge in [0.15, 0.2) is 0 Å². The first-order valence-corrected chi connectivity index (χ1v) is 12.3. The molecule has 1 aromatic carbocycles. The van der Waals surface area contributed by atoms with E-state index in [-0.39, 0.29) is 41.3 Å². The van der Waals surface area contributed by atoms with Gasteiger partial charge in [0, 0.05) is 30.8 Å². The van der Waals surface area contributed by atoms with Gasteiger partial charge in [-0.25, -0.2) is 28.7 Å². The van der Waals surface area contributed by atoms with Crippen LogP contribution in [0.25, 0.3) is 23.0 Å². The van der Waals surface area contributed by atoms with Crippen LogP contribution in [0.2, 0.25) is 0 Å². The van der Waals surface area contributed by atoms with Gasteiger partial charge < -0.3 is 9.32 Å². The van der Waals surface area contributed by atoms with Crippen LogP contribution in [0, 0.1) is 25.5 Å². The molecule has 1 aliphatic rings. The van der Waals surface area contributed by atoms with Gasteiger partial charge in [-0.05, 0) is 44.9 Å². The zero-order valence-electron chi connectivity index (χ0n) is 21.3. The van der Waals surface area contributed by atoms with Crippen molar-refractivity contribution in [1.29, 1.82) is 0 Å². The lowest BCUT2D eigenvalue weighted by molar-refractivity contribution is -0.144. The molecule has 0 unspecified atom stereocenters. The molecule has 1 fully saturated rings. The Balaban J connectivity index is 1.37. The molecule has 0 aliphatic carbocycles. The van der Waals surface area contributed by atoms with E-state index < -0.39 is 23.6 Å². The first kappa shape index (κ1) is 27.2. The molecule has 0 saturated carbocycles. The number of piperidine rings is 1. The first-order chi connectivity index (χ1) is 19.0. The second kappa shape index (κ2) is 10.7. The summed E-state index contributed by atoms with van der Waals surface area (Å²) in [6.45, 7) is 4.11. The van der Waals surface area contributed by atoms with E-state index in [2.05, 4.69) is 30.1 Å². The molecule has 5 rings (SSSR count). The number of nitrogens with zero attached hydrogens (tertiary/aromatic N) is 7. The molecule has 0 atom stereocenters. The lowest BCUT2D eigenvalue weighted by Gasteiger charge is -2.32. The standard InChI is InChI=1S/C26H22F5N7O2/c1-13-21(24-37-36-23(40-24)19-6-9-32-25(35-19)26(29,30)31)22(34-14(2)33-13)15-7-10-38(11-8-15)20(39)12-16-17(27)4-3-5-18(16)28/h3-6,9,15H,7-8,10-12H2,1-2H3. The van der Waals surface area contributed by atoms with E-state index in [9.17, 15) is 26.7 Å². The molecule has 4 aromatic rings. The van der Waals surface area contributed by atoms with E-state index >= 15 is 0 Å². The van der Waals surface area contributed by atoms with Gasteiger partial charge in [-0.2, -0.15) is 13.2 Å². The number of amides is 1. The van der Waals surface area contributed by atoms with Crippen molar-refractivity contribution in [2.75, 3.05) is 13.1 Å². The van der Waals surface area contributed by atoms with E-state index in [0.717, 1.165) is 18.3 Å². The predicted octanol–water partition coefficient (Wildman–Crippen LogP) is 4.85. The summed E-state index contributed by atoms with van der Waals surface area (Å²) in [6.07, 6.45) is -3.18.